The number of ether oxygens (including phenoxy) is 1. The number of rotatable bonds is 7. The lowest BCUT2D eigenvalue weighted by Crippen LogP contribution is -2.32. The summed E-state index contributed by atoms with van der Waals surface area (Å²) in [4.78, 5) is 35.8. The molecule has 7 nitrogen and oxygen atoms in total. The molecule has 0 saturated heterocycles. The number of nitrogens with one attached hydrogen (secondary N) is 2. The zero-order chi connectivity index (χ0) is 20.5. The summed E-state index contributed by atoms with van der Waals surface area (Å²) in [5.41, 5.74) is 1.38. The van der Waals surface area contributed by atoms with Gasteiger partial charge >= 0.3 is 5.97 Å². The molecule has 0 unspecified atom stereocenters. The number of hydrogen-bond acceptors (Lipinski definition) is 5. The Morgan fingerprint density at radius 3 is 2.36 bits per heavy atom. The molecule has 0 radical (unpaired) electrons. The van der Waals surface area contributed by atoms with E-state index in [2.05, 4.69) is 10.6 Å². The molecule has 144 valence electrons. The van der Waals surface area contributed by atoms with Crippen molar-refractivity contribution in [2.24, 2.45) is 0 Å². The number of carbonyl (C=O) groups excluding carboxylic acids is 3. The van der Waals surface area contributed by atoms with Crippen LogP contribution in [0.1, 0.15) is 29.3 Å². The minimum Gasteiger partial charge on any atom is -0.452 e. The van der Waals surface area contributed by atoms with E-state index in [1.807, 2.05) is 6.07 Å². The third-order valence-corrected chi connectivity index (χ3v) is 3.93. The van der Waals surface area contributed by atoms with E-state index < -0.39 is 18.0 Å². The summed E-state index contributed by atoms with van der Waals surface area (Å²) in [5, 5.41) is 14.5. The minimum atomic E-state index is -1.00. The van der Waals surface area contributed by atoms with Gasteiger partial charge in [-0.3, -0.25) is 14.4 Å². The predicted octanol–water partition coefficient (Wildman–Crippen LogP) is 2.90. The van der Waals surface area contributed by atoms with Gasteiger partial charge in [0.05, 0.1) is 18.1 Å². The molecule has 2 aromatic rings. The second-order valence-corrected chi connectivity index (χ2v) is 6.26. The number of carbonyl (C=O) groups is 3. The Balaban J connectivity index is 1.73. The normalized spacial score (nSPS) is 11.0. The van der Waals surface area contributed by atoms with E-state index >= 15 is 0 Å². The highest BCUT2D eigenvalue weighted by Gasteiger charge is 2.18. The number of benzene rings is 2. The second-order valence-electron chi connectivity index (χ2n) is 5.82. The van der Waals surface area contributed by atoms with E-state index in [1.54, 1.807) is 48.5 Å². The van der Waals surface area contributed by atoms with E-state index in [0.717, 1.165) is 0 Å². The van der Waals surface area contributed by atoms with E-state index in [0.29, 0.717) is 21.8 Å². The van der Waals surface area contributed by atoms with Crippen LogP contribution in [0.3, 0.4) is 0 Å². The van der Waals surface area contributed by atoms with Crippen LogP contribution in [0.25, 0.3) is 0 Å². The lowest BCUT2D eigenvalue weighted by molar-refractivity contribution is -0.153. The third-order valence-electron chi connectivity index (χ3n) is 3.68. The summed E-state index contributed by atoms with van der Waals surface area (Å²) in [5.74, 6) is -1.45. The maximum Gasteiger partial charge on any atom is 0.308 e. The number of anilines is 1. The van der Waals surface area contributed by atoms with E-state index in [1.165, 1.54) is 6.92 Å². The van der Waals surface area contributed by atoms with Gasteiger partial charge in [0.15, 0.2) is 6.10 Å². The molecular formula is C20H18ClN3O4. The molecule has 0 aliphatic carbocycles. The number of nitriles is 1. The molecule has 0 aliphatic rings. The molecule has 0 heterocycles. The average Bonchev–Trinajstić information content (AvgIpc) is 2.68. The van der Waals surface area contributed by atoms with Crippen LogP contribution in [0, 0.1) is 11.3 Å². The molecule has 1 atom stereocenters. The number of nitrogens with zero attached hydrogens (tertiary/aromatic N) is 1. The molecule has 0 saturated carbocycles. The van der Waals surface area contributed by atoms with E-state index in [4.69, 9.17) is 21.6 Å². The van der Waals surface area contributed by atoms with Crippen LogP contribution in [-0.4, -0.2) is 30.4 Å². The highest BCUT2D eigenvalue weighted by Crippen LogP contribution is 2.11. The Kier molecular flexibility index (Phi) is 7.55. The number of amides is 2. The summed E-state index contributed by atoms with van der Waals surface area (Å²) in [6, 6.07) is 14.6. The predicted molar refractivity (Wildman–Crippen MR) is 104 cm³/mol. The quantitative estimate of drug-likeness (QED) is 0.696. The van der Waals surface area contributed by atoms with E-state index in [9.17, 15) is 14.4 Å². The fraction of sp³-hybridized carbons (Fsp3) is 0.200. The topological polar surface area (TPSA) is 108 Å². The Labute approximate surface area is 167 Å². The largest absolute Gasteiger partial charge is 0.452 e. The zero-order valence-electron chi connectivity index (χ0n) is 15.1. The van der Waals surface area contributed by atoms with Gasteiger partial charge in [-0.25, -0.2) is 0 Å². The van der Waals surface area contributed by atoms with Gasteiger partial charge in [-0.1, -0.05) is 11.6 Å². The first-order valence-corrected chi connectivity index (χ1v) is 8.81. The monoisotopic (exact) mass is 399 g/mol. The average molecular weight is 400 g/mol. The van der Waals surface area contributed by atoms with Crippen LogP contribution in [0.2, 0.25) is 5.02 Å². The highest BCUT2D eigenvalue weighted by molar-refractivity contribution is 6.30. The van der Waals surface area contributed by atoms with Crippen molar-refractivity contribution in [1.29, 1.82) is 5.26 Å². The van der Waals surface area contributed by atoms with Crippen molar-refractivity contribution in [3.63, 3.8) is 0 Å². The molecule has 0 bridgehead atoms. The second kappa shape index (κ2) is 10.1. The molecule has 0 fully saturated rings. The van der Waals surface area contributed by atoms with Crippen molar-refractivity contribution in [3.8, 4) is 6.07 Å². The van der Waals surface area contributed by atoms with E-state index in [-0.39, 0.29) is 18.9 Å². The maximum absolute atomic E-state index is 12.1. The number of esters is 1. The zero-order valence-corrected chi connectivity index (χ0v) is 15.8. The lowest BCUT2D eigenvalue weighted by Gasteiger charge is -2.14. The van der Waals surface area contributed by atoms with Crippen molar-refractivity contribution in [3.05, 3.63) is 64.7 Å². The smallest absolute Gasteiger partial charge is 0.308 e. The first-order chi connectivity index (χ1) is 13.4. The van der Waals surface area contributed by atoms with Gasteiger partial charge in [-0.15, -0.1) is 0 Å². The Morgan fingerprint density at radius 2 is 1.75 bits per heavy atom. The van der Waals surface area contributed by atoms with Crippen molar-refractivity contribution >= 4 is 35.1 Å². The van der Waals surface area contributed by atoms with Crippen LogP contribution in [0.5, 0.6) is 0 Å². The van der Waals surface area contributed by atoms with Gasteiger partial charge < -0.3 is 15.4 Å². The van der Waals surface area contributed by atoms with Crippen molar-refractivity contribution in [1.82, 2.24) is 5.32 Å². The van der Waals surface area contributed by atoms with Gasteiger partial charge in [0.2, 0.25) is 0 Å². The summed E-state index contributed by atoms with van der Waals surface area (Å²) in [6.07, 6.45) is -1.08. The molecule has 0 aromatic heterocycles. The summed E-state index contributed by atoms with van der Waals surface area (Å²) in [6.45, 7) is 1.52. The first kappa shape index (κ1) is 20.9. The number of hydrogen-bond donors (Lipinski definition) is 2. The molecule has 2 amide bonds. The molecule has 8 heteroatoms. The van der Waals surface area contributed by atoms with Crippen LogP contribution in [0.15, 0.2) is 48.5 Å². The van der Waals surface area contributed by atoms with Crippen LogP contribution >= 0.6 is 11.6 Å². The molecule has 2 rings (SSSR count). The molecule has 0 aliphatic heterocycles. The SMILES string of the molecule is C[C@H](OC(=O)CCNC(=O)c1ccc(Cl)cc1)C(=O)Nc1ccc(C#N)cc1. The minimum absolute atomic E-state index is 0.0737. The lowest BCUT2D eigenvalue weighted by atomic mass is 10.2. The van der Waals surface area contributed by atoms with Gasteiger partial charge in [0.25, 0.3) is 11.8 Å². The van der Waals surface area contributed by atoms with Crippen molar-refractivity contribution < 1.29 is 19.1 Å². The summed E-state index contributed by atoms with van der Waals surface area (Å²) < 4.78 is 5.06. The van der Waals surface area contributed by atoms with Crippen molar-refractivity contribution in [2.45, 2.75) is 19.4 Å². The van der Waals surface area contributed by atoms with Gasteiger partial charge in [0, 0.05) is 22.8 Å². The van der Waals surface area contributed by atoms with Gasteiger partial charge in [-0.05, 0) is 55.5 Å². The molecule has 28 heavy (non-hydrogen) atoms. The van der Waals surface area contributed by atoms with Crippen LogP contribution in [-0.2, 0) is 14.3 Å². The molecule has 2 N–H and O–H groups in total. The molecule has 2 aromatic carbocycles. The van der Waals surface area contributed by atoms with Gasteiger partial charge in [-0.2, -0.15) is 5.26 Å². The van der Waals surface area contributed by atoms with Gasteiger partial charge in [0.1, 0.15) is 0 Å². The highest BCUT2D eigenvalue weighted by atomic mass is 35.5. The standard InChI is InChI=1S/C20H18ClN3O4/c1-13(19(26)24-17-8-2-14(12-22)3-9-17)28-18(25)10-11-23-20(27)15-4-6-16(21)7-5-15/h2-9,13H,10-11H2,1H3,(H,23,27)(H,24,26)/t13-/m0/s1. The maximum atomic E-state index is 12.1. The van der Waals surface area contributed by atoms with Crippen LogP contribution < -0.4 is 10.6 Å². The fourth-order valence-electron chi connectivity index (χ4n) is 2.16. The van der Waals surface area contributed by atoms with Crippen molar-refractivity contribution in [2.75, 3.05) is 11.9 Å². The summed E-state index contributed by atoms with van der Waals surface area (Å²) in [7, 11) is 0. The third kappa shape index (κ3) is 6.41. The Hall–Kier alpha value is -3.37. The Morgan fingerprint density at radius 1 is 1.11 bits per heavy atom. The Bertz CT molecular complexity index is 889. The number of halogens is 1. The van der Waals surface area contributed by atoms with Crippen LogP contribution in [0.4, 0.5) is 5.69 Å². The summed E-state index contributed by atoms with van der Waals surface area (Å²) >= 11 is 5.76. The first-order valence-electron chi connectivity index (χ1n) is 8.43. The fourth-order valence-corrected chi connectivity index (χ4v) is 2.29. The molecule has 0 spiro atoms. The molecular weight excluding hydrogens is 382 g/mol.